The molecule has 1 fully saturated rings. The molecule has 1 saturated carbocycles. The van der Waals surface area contributed by atoms with E-state index in [2.05, 4.69) is 26.0 Å². The molecule has 11 nitrogen and oxygen atoms in total. The van der Waals surface area contributed by atoms with Crippen LogP contribution < -0.4 is 21.0 Å². The lowest BCUT2D eigenvalue weighted by Gasteiger charge is -2.35. The van der Waals surface area contributed by atoms with Crippen LogP contribution in [0.2, 0.25) is 0 Å². The van der Waals surface area contributed by atoms with Gasteiger partial charge >= 0.3 is 0 Å². The Morgan fingerprint density at radius 2 is 2.09 bits per heavy atom. The van der Waals surface area contributed by atoms with Crippen molar-refractivity contribution in [2.45, 2.75) is 25.0 Å². The molecule has 1 amide bonds. The first-order valence-electron chi connectivity index (χ1n) is 10.9. The van der Waals surface area contributed by atoms with Gasteiger partial charge in [-0.3, -0.25) is 9.47 Å². The van der Waals surface area contributed by atoms with E-state index in [-0.39, 0.29) is 23.8 Å². The topological polar surface area (TPSA) is 118 Å². The van der Waals surface area contributed by atoms with Crippen LogP contribution >= 0.6 is 0 Å². The first-order valence-corrected chi connectivity index (χ1v) is 10.9. The highest BCUT2D eigenvalue weighted by atomic mass is 16.5. The summed E-state index contributed by atoms with van der Waals surface area (Å²) in [5.74, 6) is 2.79. The Morgan fingerprint density at radius 1 is 1.26 bits per heavy atom. The first kappa shape index (κ1) is 21.5. The predicted octanol–water partition coefficient (Wildman–Crippen LogP) is 1.66. The minimum absolute atomic E-state index is 0.0203. The van der Waals surface area contributed by atoms with Gasteiger partial charge in [0, 0.05) is 38.8 Å². The van der Waals surface area contributed by atoms with Crippen LogP contribution in [0.3, 0.4) is 0 Å². The molecule has 2 aliphatic rings. The number of rotatable bonds is 7. The molecule has 1 aliphatic heterocycles. The van der Waals surface area contributed by atoms with Crippen LogP contribution in [-0.4, -0.2) is 57.4 Å². The fourth-order valence-corrected chi connectivity index (χ4v) is 4.03. The van der Waals surface area contributed by atoms with E-state index in [1.165, 1.54) is 6.20 Å². The van der Waals surface area contributed by atoms with Crippen LogP contribution in [-0.2, 0) is 9.53 Å². The van der Waals surface area contributed by atoms with Crippen molar-refractivity contribution in [1.29, 1.82) is 0 Å². The van der Waals surface area contributed by atoms with E-state index >= 15 is 0 Å². The maximum Gasteiger partial charge on any atom is 0.257 e. The van der Waals surface area contributed by atoms with Crippen molar-refractivity contribution in [1.82, 2.24) is 24.6 Å². The Kier molecular flexibility index (Phi) is 5.62. The van der Waals surface area contributed by atoms with E-state index in [1.54, 1.807) is 46.7 Å². The zero-order valence-electron chi connectivity index (χ0n) is 18.7. The molecule has 1 aliphatic carbocycles. The third-order valence-electron chi connectivity index (χ3n) is 5.97. The Balaban J connectivity index is 1.45. The number of nitrogens with one attached hydrogen (secondary N) is 3. The van der Waals surface area contributed by atoms with Crippen LogP contribution in [0, 0.1) is 0 Å². The van der Waals surface area contributed by atoms with Gasteiger partial charge in [-0.25, -0.2) is 14.8 Å². The second kappa shape index (κ2) is 8.89. The first-order chi connectivity index (χ1) is 16.6. The molecule has 174 valence electrons. The average molecular weight is 460 g/mol. The summed E-state index contributed by atoms with van der Waals surface area (Å²) in [6, 6.07) is 5.44. The van der Waals surface area contributed by atoms with Crippen molar-refractivity contribution in [3.63, 3.8) is 0 Å². The molecule has 2 atom stereocenters. The van der Waals surface area contributed by atoms with Gasteiger partial charge in [-0.1, -0.05) is 0 Å². The van der Waals surface area contributed by atoms with Gasteiger partial charge in [0.25, 0.3) is 5.91 Å². The maximum atomic E-state index is 13.0. The van der Waals surface area contributed by atoms with Crippen molar-refractivity contribution >= 4 is 29.1 Å². The summed E-state index contributed by atoms with van der Waals surface area (Å²) in [6.45, 7) is 0. The monoisotopic (exact) mass is 460 g/mol. The third kappa shape index (κ3) is 3.72. The molecule has 0 radical (unpaired) electrons. The van der Waals surface area contributed by atoms with Gasteiger partial charge in [-0.05, 0) is 37.1 Å². The van der Waals surface area contributed by atoms with Gasteiger partial charge < -0.3 is 20.7 Å². The quantitative estimate of drug-likeness (QED) is 0.456. The van der Waals surface area contributed by atoms with Crippen molar-refractivity contribution in [2.75, 3.05) is 29.8 Å². The lowest BCUT2D eigenvalue weighted by atomic mass is 9.89. The number of aromatic nitrogens is 4. The number of carbonyl (C=O) groups is 1. The van der Waals surface area contributed by atoms with Crippen LogP contribution in [0.5, 0.6) is 0 Å². The summed E-state index contributed by atoms with van der Waals surface area (Å²) >= 11 is 0. The molecule has 3 aromatic rings. The van der Waals surface area contributed by atoms with Gasteiger partial charge in [0.05, 0.1) is 24.0 Å². The van der Waals surface area contributed by atoms with E-state index in [0.717, 1.165) is 12.8 Å². The maximum absolute atomic E-state index is 13.0. The Hall–Kier alpha value is -4.34. The largest absolute Gasteiger partial charge is 0.379 e. The molecular weight excluding hydrogens is 436 g/mol. The highest BCUT2D eigenvalue weighted by Crippen LogP contribution is 2.25. The fourth-order valence-electron chi connectivity index (χ4n) is 4.03. The highest BCUT2D eigenvalue weighted by molar-refractivity contribution is 6.00. The summed E-state index contributed by atoms with van der Waals surface area (Å²) in [6.07, 6.45) is 12.3. The van der Waals surface area contributed by atoms with E-state index in [9.17, 15) is 9.59 Å². The molecule has 34 heavy (non-hydrogen) atoms. The standard InChI is InChI=1S/C23H24N8O3/c1-24-21-12-20(26-16-6-5-11-30(18(16)14-32)29-9-3-4-10-29)28-22-15(13-25-31(21)22)23(33)27-17-7-8-19(17)34-2/h3-6,9-13,17,19,24H,7-8H2,1-2H3,(H,26,28)(H,27,33)/t17-,19-/m1/s1. The van der Waals surface area contributed by atoms with E-state index in [1.807, 2.05) is 36.5 Å². The lowest BCUT2D eigenvalue weighted by Crippen LogP contribution is -2.51. The molecule has 0 aromatic carbocycles. The highest BCUT2D eigenvalue weighted by Gasteiger charge is 2.33. The molecular formula is C23H24N8O3. The number of nitrogens with zero attached hydrogens (tertiary/aromatic N) is 5. The number of allylic oxidation sites excluding steroid dienone is 2. The molecule has 3 N–H and O–H groups in total. The van der Waals surface area contributed by atoms with E-state index < -0.39 is 0 Å². The SMILES string of the molecule is CNc1cc(NC2=CC=CN(n3cccc3)C2=C=O)nc2c(C(=O)N[C@@H]3CC[C@H]3OC)cnn12. The Morgan fingerprint density at radius 3 is 2.76 bits per heavy atom. The number of fused-ring (bicyclic) bond motifs is 1. The molecule has 4 heterocycles. The number of anilines is 2. The number of hydrogen-bond acceptors (Lipinski definition) is 8. The van der Waals surface area contributed by atoms with Gasteiger partial charge in [0.15, 0.2) is 17.3 Å². The average Bonchev–Trinajstić information content (AvgIpc) is 3.52. The number of carbonyl (C=O) groups excluding carboxylic acids is 2. The van der Waals surface area contributed by atoms with Crippen LogP contribution in [0.4, 0.5) is 11.6 Å². The molecule has 0 bridgehead atoms. The van der Waals surface area contributed by atoms with Crippen LogP contribution in [0.25, 0.3) is 5.65 Å². The normalized spacial score (nSPS) is 19.4. The second-order valence-electron chi connectivity index (χ2n) is 7.91. The summed E-state index contributed by atoms with van der Waals surface area (Å²) in [7, 11) is 3.40. The third-order valence-corrected chi connectivity index (χ3v) is 5.97. The number of hydrogen-bond donors (Lipinski definition) is 3. The van der Waals surface area contributed by atoms with Gasteiger partial charge in [-0.15, -0.1) is 0 Å². The minimum atomic E-state index is -0.263. The number of methoxy groups -OCH3 is 1. The zero-order valence-corrected chi connectivity index (χ0v) is 18.7. The molecule has 0 unspecified atom stereocenters. The molecule has 5 rings (SSSR count). The van der Waals surface area contributed by atoms with Crippen LogP contribution in [0.1, 0.15) is 23.2 Å². The van der Waals surface area contributed by atoms with Crippen molar-refractivity contribution < 1.29 is 14.3 Å². The minimum Gasteiger partial charge on any atom is -0.379 e. The molecule has 11 heteroatoms. The fraction of sp³-hybridized carbons (Fsp3) is 0.261. The predicted molar refractivity (Wildman–Crippen MR) is 127 cm³/mol. The summed E-state index contributed by atoms with van der Waals surface area (Å²) in [4.78, 5) is 29.5. The molecule has 3 aromatic heterocycles. The van der Waals surface area contributed by atoms with Crippen molar-refractivity contribution in [3.8, 4) is 0 Å². The van der Waals surface area contributed by atoms with E-state index in [0.29, 0.717) is 28.5 Å². The van der Waals surface area contributed by atoms with Gasteiger partial charge in [-0.2, -0.15) is 9.61 Å². The van der Waals surface area contributed by atoms with E-state index in [4.69, 9.17) is 4.74 Å². The number of ether oxygens (including phenoxy) is 1. The second-order valence-corrected chi connectivity index (χ2v) is 7.91. The van der Waals surface area contributed by atoms with Crippen LogP contribution in [0.15, 0.2) is 66.5 Å². The lowest BCUT2D eigenvalue weighted by molar-refractivity contribution is 0.00732. The van der Waals surface area contributed by atoms with Gasteiger partial charge in [0.2, 0.25) is 0 Å². The summed E-state index contributed by atoms with van der Waals surface area (Å²) in [5.41, 5.74) is 1.52. The Bertz CT molecular complexity index is 1330. The van der Waals surface area contributed by atoms with Crippen molar-refractivity contribution in [2.24, 2.45) is 0 Å². The zero-order chi connectivity index (χ0) is 23.7. The summed E-state index contributed by atoms with van der Waals surface area (Å²) in [5, 5.41) is 15.3. The molecule has 0 saturated heterocycles. The summed E-state index contributed by atoms with van der Waals surface area (Å²) < 4.78 is 8.70. The Labute approximate surface area is 195 Å². The molecule has 0 spiro atoms. The van der Waals surface area contributed by atoms with Crippen molar-refractivity contribution in [3.05, 3.63) is 72.1 Å². The number of amides is 1. The smallest absolute Gasteiger partial charge is 0.257 e. The van der Waals surface area contributed by atoms with Gasteiger partial charge in [0.1, 0.15) is 17.2 Å².